The summed E-state index contributed by atoms with van der Waals surface area (Å²) in [5.41, 5.74) is 6.60. The van der Waals surface area contributed by atoms with Crippen molar-refractivity contribution < 1.29 is 14.4 Å². The first kappa shape index (κ1) is 20.7. The Bertz CT molecular complexity index is 770. The van der Waals surface area contributed by atoms with Crippen molar-refractivity contribution in [1.29, 1.82) is 0 Å². The zero-order valence-corrected chi connectivity index (χ0v) is 17.6. The Labute approximate surface area is 177 Å². The van der Waals surface area contributed by atoms with E-state index in [9.17, 15) is 14.4 Å². The van der Waals surface area contributed by atoms with Gasteiger partial charge in [-0.3, -0.25) is 25.2 Å². The second-order valence-electron chi connectivity index (χ2n) is 9.52. The minimum Gasteiger partial charge on any atom is -0.376 e. The van der Waals surface area contributed by atoms with Crippen LogP contribution < -0.4 is 21.5 Å². The van der Waals surface area contributed by atoms with Crippen LogP contribution in [0.4, 0.5) is 5.69 Å². The number of hydrogen-bond donors (Lipinski definition) is 4. The predicted octanol–water partition coefficient (Wildman–Crippen LogP) is 2.28. The van der Waals surface area contributed by atoms with Crippen LogP contribution in [0.3, 0.4) is 0 Å². The number of nitrogens with one attached hydrogen (secondary N) is 4. The van der Waals surface area contributed by atoms with Gasteiger partial charge < -0.3 is 10.6 Å². The second kappa shape index (κ2) is 8.66. The number of aryl methyl sites for hydroxylation is 1. The van der Waals surface area contributed by atoms with Crippen molar-refractivity contribution in [2.24, 2.45) is 23.2 Å². The fourth-order valence-electron chi connectivity index (χ4n) is 5.97. The van der Waals surface area contributed by atoms with E-state index in [4.69, 9.17) is 0 Å². The Morgan fingerprint density at radius 2 is 1.47 bits per heavy atom. The summed E-state index contributed by atoms with van der Waals surface area (Å²) in [4.78, 5) is 36.7. The van der Waals surface area contributed by atoms with Gasteiger partial charge in [-0.1, -0.05) is 17.7 Å². The van der Waals surface area contributed by atoms with Gasteiger partial charge in [-0.15, -0.1) is 0 Å². The average Bonchev–Trinajstić information content (AvgIpc) is 2.71. The summed E-state index contributed by atoms with van der Waals surface area (Å²) in [7, 11) is 0. The van der Waals surface area contributed by atoms with Crippen LogP contribution in [-0.2, 0) is 14.4 Å². The van der Waals surface area contributed by atoms with Gasteiger partial charge in [-0.25, -0.2) is 0 Å². The van der Waals surface area contributed by atoms with Crippen LogP contribution in [-0.4, -0.2) is 30.8 Å². The third kappa shape index (κ3) is 4.77. The molecule has 7 nitrogen and oxygen atoms in total. The largest absolute Gasteiger partial charge is 0.376 e. The van der Waals surface area contributed by atoms with E-state index in [0.717, 1.165) is 30.5 Å². The number of anilines is 1. The molecule has 0 spiro atoms. The third-order valence-corrected chi connectivity index (χ3v) is 7.00. The zero-order valence-electron chi connectivity index (χ0n) is 17.6. The number of benzene rings is 1. The topological polar surface area (TPSA) is 99.3 Å². The Hall–Kier alpha value is -2.57. The molecule has 3 amide bonds. The van der Waals surface area contributed by atoms with E-state index in [1.54, 1.807) is 0 Å². The molecular formula is C23H32N4O3. The van der Waals surface area contributed by atoms with Crippen LogP contribution in [0.5, 0.6) is 0 Å². The van der Waals surface area contributed by atoms with Gasteiger partial charge in [-0.05, 0) is 75.3 Å². The molecule has 5 rings (SSSR count). The molecule has 0 saturated heterocycles. The number of carbonyl (C=O) groups excluding carboxylic acids is 3. The van der Waals surface area contributed by atoms with E-state index >= 15 is 0 Å². The van der Waals surface area contributed by atoms with E-state index in [1.165, 1.54) is 19.3 Å². The lowest BCUT2D eigenvalue weighted by Gasteiger charge is -2.55. The van der Waals surface area contributed by atoms with Gasteiger partial charge in [0.15, 0.2) is 0 Å². The Kier molecular flexibility index (Phi) is 5.97. The molecule has 4 aliphatic rings. The maximum Gasteiger partial charge on any atom is 0.257 e. The highest BCUT2D eigenvalue weighted by Gasteiger charge is 2.54. The van der Waals surface area contributed by atoms with Gasteiger partial charge in [-0.2, -0.15) is 0 Å². The van der Waals surface area contributed by atoms with E-state index < -0.39 is 0 Å². The number of rotatable bonds is 7. The lowest BCUT2D eigenvalue weighted by molar-refractivity contribution is -0.146. The predicted molar refractivity (Wildman–Crippen MR) is 114 cm³/mol. The Morgan fingerprint density at radius 1 is 0.900 bits per heavy atom. The average molecular weight is 413 g/mol. The van der Waals surface area contributed by atoms with Crippen molar-refractivity contribution in [2.45, 2.75) is 51.9 Å². The monoisotopic (exact) mass is 412 g/mol. The smallest absolute Gasteiger partial charge is 0.257 e. The third-order valence-electron chi connectivity index (χ3n) is 7.00. The van der Waals surface area contributed by atoms with E-state index in [0.29, 0.717) is 24.3 Å². The molecule has 0 aromatic heterocycles. The van der Waals surface area contributed by atoms with E-state index in [1.807, 2.05) is 31.2 Å². The molecule has 0 unspecified atom stereocenters. The van der Waals surface area contributed by atoms with Crippen molar-refractivity contribution >= 4 is 23.4 Å². The van der Waals surface area contributed by atoms with Crippen LogP contribution in [0.1, 0.15) is 50.5 Å². The van der Waals surface area contributed by atoms with Crippen molar-refractivity contribution in [2.75, 3.05) is 18.4 Å². The number of amides is 3. The molecule has 4 N–H and O–H groups in total. The van der Waals surface area contributed by atoms with E-state index in [-0.39, 0.29) is 36.1 Å². The van der Waals surface area contributed by atoms with Crippen molar-refractivity contribution in [3.05, 3.63) is 29.8 Å². The molecule has 0 atom stereocenters. The summed E-state index contributed by atoms with van der Waals surface area (Å²) in [5.74, 6) is 1.63. The summed E-state index contributed by atoms with van der Waals surface area (Å²) in [5, 5.41) is 5.98. The maximum absolute atomic E-state index is 12.9. The minimum atomic E-state index is -0.332. The quantitative estimate of drug-likeness (QED) is 0.516. The Balaban J connectivity index is 1.13. The molecule has 0 heterocycles. The van der Waals surface area contributed by atoms with Crippen molar-refractivity contribution in [1.82, 2.24) is 16.2 Å². The van der Waals surface area contributed by atoms with Gasteiger partial charge in [0, 0.05) is 24.1 Å². The van der Waals surface area contributed by atoms with Gasteiger partial charge >= 0.3 is 0 Å². The maximum atomic E-state index is 12.9. The minimum absolute atomic E-state index is 0.0616. The molecule has 1 aromatic carbocycles. The van der Waals surface area contributed by atoms with Gasteiger partial charge in [0.05, 0.1) is 6.54 Å². The standard InChI is InChI=1S/C23H32N4O3/c1-15-2-4-19(5-3-15)25-14-21(29)27-26-20(28)6-7-24-22(30)23-11-16-8-17(12-23)10-18(9-16)13-23/h2-5,16-18,25H,6-14H2,1H3,(H,24,30)(H,26,28)(H,27,29). The van der Waals surface area contributed by atoms with Gasteiger partial charge in [0.25, 0.3) is 5.91 Å². The molecule has 162 valence electrons. The van der Waals surface area contributed by atoms with Crippen molar-refractivity contribution in [3.63, 3.8) is 0 Å². The summed E-state index contributed by atoms with van der Waals surface area (Å²) >= 11 is 0. The van der Waals surface area contributed by atoms with Crippen molar-refractivity contribution in [3.8, 4) is 0 Å². The Morgan fingerprint density at radius 3 is 2.07 bits per heavy atom. The first-order valence-corrected chi connectivity index (χ1v) is 11.1. The number of hydrogen-bond acceptors (Lipinski definition) is 4. The summed E-state index contributed by atoms with van der Waals surface area (Å²) < 4.78 is 0. The molecule has 7 heteroatoms. The molecule has 4 aliphatic carbocycles. The number of carbonyl (C=O) groups is 3. The SMILES string of the molecule is Cc1ccc(NCC(=O)NNC(=O)CCNC(=O)C23CC4CC(CC(C4)C2)C3)cc1. The molecule has 30 heavy (non-hydrogen) atoms. The molecule has 0 aliphatic heterocycles. The van der Waals surface area contributed by atoms with Crippen LogP contribution in [0.15, 0.2) is 24.3 Å². The molecule has 4 bridgehead atoms. The molecule has 4 fully saturated rings. The highest BCUT2D eigenvalue weighted by molar-refractivity contribution is 5.86. The first-order valence-electron chi connectivity index (χ1n) is 11.1. The highest BCUT2D eigenvalue weighted by Crippen LogP contribution is 2.60. The molecule has 0 radical (unpaired) electrons. The highest BCUT2D eigenvalue weighted by atomic mass is 16.2. The summed E-state index contributed by atoms with van der Waals surface area (Å²) in [6.45, 7) is 2.35. The van der Waals surface area contributed by atoms with Crippen LogP contribution in [0, 0.1) is 30.1 Å². The zero-order chi connectivity index (χ0) is 21.1. The lowest BCUT2D eigenvalue weighted by atomic mass is 9.49. The summed E-state index contributed by atoms with van der Waals surface area (Å²) in [6, 6.07) is 7.71. The fourth-order valence-corrected chi connectivity index (χ4v) is 5.97. The first-order chi connectivity index (χ1) is 14.4. The molecular weight excluding hydrogens is 380 g/mol. The normalized spacial score (nSPS) is 28.6. The lowest BCUT2D eigenvalue weighted by Crippen LogP contribution is -2.54. The fraction of sp³-hybridized carbons (Fsp3) is 0.609. The molecule has 4 saturated carbocycles. The van der Waals surface area contributed by atoms with Gasteiger partial charge in [0.1, 0.15) is 0 Å². The van der Waals surface area contributed by atoms with Crippen LogP contribution in [0.25, 0.3) is 0 Å². The summed E-state index contributed by atoms with van der Waals surface area (Å²) in [6.07, 6.45) is 7.08. The molecule has 1 aromatic rings. The van der Waals surface area contributed by atoms with Gasteiger partial charge in [0.2, 0.25) is 11.8 Å². The second-order valence-corrected chi connectivity index (χ2v) is 9.52. The van der Waals surface area contributed by atoms with Crippen LogP contribution in [0.2, 0.25) is 0 Å². The van der Waals surface area contributed by atoms with E-state index in [2.05, 4.69) is 21.5 Å². The number of hydrazine groups is 1. The van der Waals surface area contributed by atoms with Crippen LogP contribution >= 0.6 is 0 Å².